The van der Waals surface area contributed by atoms with Gasteiger partial charge in [-0.2, -0.15) is 0 Å². The Morgan fingerprint density at radius 1 is 0.585 bits per heavy atom. The van der Waals surface area contributed by atoms with Crippen molar-refractivity contribution in [3.63, 3.8) is 0 Å². The van der Waals surface area contributed by atoms with Gasteiger partial charge >= 0.3 is 12.1 Å². The first-order valence-electron chi connectivity index (χ1n) is 17.9. The van der Waals surface area contributed by atoms with Crippen LogP contribution in [0.4, 0.5) is 21.9 Å². The molecule has 5 aromatic rings. The number of esters is 1. The van der Waals surface area contributed by atoms with Gasteiger partial charge in [-0.3, -0.25) is 4.79 Å². The van der Waals surface area contributed by atoms with E-state index in [9.17, 15) is 9.59 Å². The number of ether oxygens (including phenoxy) is 4. The Hall–Kier alpha value is -6.08. The molecule has 0 amide bonds. The van der Waals surface area contributed by atoms with E-state index in [-0.39, 0.29) is 12.6 Å². The van der Waals surface area contributed by atoms with E-state index >= 15 is 0 Å². The Labute approximate surface area is 313 Å². The molecule has 53 heavy (non-hydrogen) atoms. The second-order valence-corrected chi connectivity index (χ2v) is 12.7. The maximum atomic E-state index is 12.3. The van der Waals surface area contributed by atoms with Gasteiger partial charge in [0.25, 0.3) is 0 Å². The summed E-state index contributed by atoms with van der Waals surface area (Å²) in [6.45, 7) is 6.28. The molecular weight excluding hydrogens is 663 g/mol. The van der Waals surface area contributed by atoms with Crippen LogP contribution in [0.25, 0.3) is 11.6 Å². The maximum Gasteiger partial charge on any atom is 0.513 e. The molecule has 0 saturated heterocycles. The van der Waals surface area contributed by atoms with Gasteiger partial charge in [-0.1, -0.05) is 90.0 Å². The second-order valence-electron chi connectivity index (χ2n) is 12.7. The van der Waals surface area contributed by atoms with Crippen LogP contribution in [-0.4, -0.2) is 32.4 Å². The minimum atomic E-state index is -0.738. The Balaban J connectivity index is 1.27. The summed E-state index contributed by atoms with van der Waals surface area (Å²) in [4.78, 5) is 25.4. The zero-order chi connectivity index (χ0) is 37.4. The van der Waals surface area contributed by atoms with Crippen LogP contribution in [0.1, 0.15) is 60.4 Å². The molecule has 0 N–H and O–H groups in total. The predicted molar refractivity (Wildman–Crippen MR) is 213 cm³/mol. The average Bonchev–Trinajstić information content (AvgIpc) is 3.17. The number of unbranched alkanes of at least 4 members (excludes halogenated alkanes) is 3. The van der Waals surface area contributed by atoms with Crippen molar-refractivity contribution in [1.82, 2.24) is 0 Å². The zero-order valence-electron chi connectivity index (χ0n) is 30.9. The Morgan fingerprint density at radius 3 is 1.55 bits per heavy atom. The fourth-order valence-electron chi connectivity index (χ4n) is 5.71. The third kappa shape index (κ3) is 11.7. The summed E-state index contributed by atoms with van der Waals surface area (Å²) < 4.78 is 21.0. The molecule has 0 saturated carbocycles. The minimum Gasteiger partial charge on any atom is -0.497 e. The van der Waals surface area contributed by atoms with E-state index in [1.165, 1.54) is 18.1 Å². The number of allylic oxidation sites excluding steroid dienone is 2. The first-order chi connectivity index (χ1) is 25.8. The summed E-state index contributed by atoms with van der Waals surface area (Å²) in [6, 6.07) is 41.0. The third-order valence-corrected chi connectivity index (χ3v) is 8.62. The lowest BCUT2D eigenvalue weighted by atomic mass is 9.97. The Kier molecular flexibility index (Phi) is 14.0. The average molecular weight is 710 g/mol. The second kappa shape index (κ2) is 19.5. The number of carbonyl (C=O) groups excluding carboxylic acids is 2. The topological polar surface area (TPSA) is 74.3 Å². The van der Waals surface area contributed by atoms with Crippen molar-refractivity contribution in [2.24, 2.45) is 0 Å². The fourth-order valence-corrected chi connectivity index (χ4v) is 5.71. The maximum absolute atomic E-state index is 12.3. The summed E-state index contributed by atoms with van der Waals surface area (Å²) >= 11 is 0. The standard InChI is InChI=1S/C46H47NO6/c1-34-12-22-40(23-13-34)47(41-24-14-35(2)15-25-41)42-26-16-37(17-27-42)10-9-11-45(38-18-28-43(50-4)29-19-38)39-20-30-44(31-21-39)53-46(49)52-33-8-6-5-7-32-51-36(3)48/h9-31H,5-8,32-33H2,1-4H3/b10-9+,45-11-. The van der Waals surface area contributed by atoms with Gasteiger partial charge in [-0.25, -0.2) is 4.79 Å². The molecule has 0 aliphatic rings. The predicted octanol–water partition coefficient (Wildman–Crippen LogP) is 11.6. The zero-order valence-corrected chi connectivity index (χ0v) is 30.9. The van der Waals surface area contributed by atoms with Crippen molar-refractivity contribution >= 4 is 40.8 Å². The number of carbonyl (C=O) groups is 2. The molecule has 0 unspecified atom stereocenters. The molecule has 0 heterocycles. The highest BCUT2D eigenvalue weighted by atomic mass is 16.7. The number of anilines is 3. The van der Waals surface area contributed by atoms with Crippen molar-refractivity contribution in [3.05, 3.63) is 161 Å². The van der Waals surface area contributed by atoms with Gasteiger partial charge in [0.1, 0.15) is 11.5 Å². The number of benzene rings is 5. The van der Waals surface area contributed by atoms with Crippen LogP contribution in [0.2, 0.25) is 0 Å². The highest BCUT2D eigenvalue weighted by molar-refractivity contribution is 5.82. The van der Waals surface area contributed by atoms with E-state index in [2.05, 4.69) is 104 Å². The first kappa shape index (κ1) is 38.2. The van der Waals surface area contributed by atoms with Gasteiger partial charge in [-0.05, 0) is 122 Å². The highest BCUT2D eigenvalue weighted by Gasteiger charge is 2.13. The molecule has 5 rings (SSSR count). The van der Waals surface area contributed by atoms with E-state index in [1.54, 1.807) is 19.2 Å². The summed E-state index contributed by atoms with van der Waals surface area (Å²) in [5.41, 5.74) is 9.74. The molecule has 272 valence electrons. The number of nitrogens with zero attached hydrogens (tertiary/aromatic N) is 1. The monoisotopic (exact) mass is 709 g/mol. The number of hydrogen-bond donors (Lipinski definition) is 0. The van der Waals surface area contributed by atoms with Crippen LogP contribution in [-0.2, 0) is 14.3 Å². The normalized spacial score (nSPS) is 11.3. The number of hydrogen-bond acceptors (Lipinski definition) is 7. The van der Waals surface area contributed by atoms with Gasteiger partial charge in [0.05, 0.1) is 20.3 Å². The lowest BCUT2D eigenvalue weighted by Gasteiger charge is -2.25. The molecule has 7 heteroatoms. The van der Waals surface area contributed by atoms with E-state index in [4.69, 9.17) is 18.9 Å². The molecule has 0 aliphatic carbocycles. The summed E-state index contributed by atoms with van der Waals surface area (Å²) in [6.07, 6.45) is 8.73. The molecule has 5 aromatic carbocycles. The highest BCUT2D eigenvalue weighted by Crippen LogP contribution is 2.35. The first-order valence-corrected chi connectivity index (χ1v) is 17.9. The van der Waals surface area contributed by atoms with Crippen molar-refractivity contribution < 1.29 is 28.5 Å². The van der Waals surface area contributed by atoms with Crippen molar-refractivity contribution in [2.45, 2.75) is 46.5 Å². The number of methoxy groups -OCH3 is 1. The molecule has 7 nitrogen and oxygen atoms in total. The number of aryl methyl sites for hydroxylation is 2. The van der Waals surface area contributed by atoms with Crippen molar-refractivity contribution in [2.75, 3.05) is 25.2 Å². The summed E-state index contributed by atoms with van der Waals surface area (Å²) in [5.74, 6) is 0.903. The molecule has 0 radical (unpaired) electrons. The van der Waals surface area contributed by atoms with Gasteiger partial charge in [0.15, 0.2) is 0 Å². The largest absolute Gasteiger partial charge is 0.513 e. The van der Waals surface area contributed by atoms with Gasteiger partial charge in [-0.15, -0.1) is 0 Å². The molecule has 0 spiro atoms. The van der Waals surface area contributed by atoms with Crippen molar-refractivity contribution in [3.8, 4) is 11.5 Å². The summed E-state index contributed by atoms with van der Waals surface area (Å²) in [7, 11) is 1.65. The fraction of sp³-hybridized carbons (Fsp3) is 0.217. The Morgan fingerprint density at radius 2 is 1.06 bits per heavy atom. The van der Waals surface area contributed by atoms with E-state index in [0.29, 0.717) is 18.8 Å². The van der Waals surface area contributed by atoms with E-state index in [0.717, 1.165) is 64.3 Å². The molecule has 0 aliphatic heterocycles. The van der Waals surface area contributed by atoms with Crippen LogP contribution in [0.3, 0.4) is 0 Å². The molecule has 0 bridgehead atoms. The van der Waals surface area contributed by atoms with E-state index < -0.39 is 6.16 Å². The van der Waals surface area contributed by atoms with Crippen LogP contribution in [0.15, 0.2) is 133 Å². The van der Waals surface area contributed by atoms with Gasteiger partial charge < -0.3 is 23.8 Å². The van der Waals surface area contributed by atoms with Crippen molar-refractivity contribution in [1.29, 1.82) is 0 Å². The molecular formula is C46H47NO6. The number of rotatable bonds is 16. The SMILES string of the molecule is COc1ccc(/C(=C/C=C/c2ccc(N(c3ccc(C)cc3)c3ccc(C)cc3)cc2)c2ccc(OC(=O)OCCCCCCOC(C)=O)cc2)cc1. The quantitative estimate of drug-likeness (QED) is 0.0437. The molecule has 0 fully saturated rings. The lowest BCUT2D eigenvalue weighted by Crippen LogP contribution is -2.11. The lowest BCUT2D eigenvalue weighted by molar-refractivity contribution is -0.141. The Bertz CT molecular complexity index is 1920. The van der Waals surface area contributed by atoms with Crippen LogP contribution >= 0.6 is 0 Å². The van der Waals surface area contributed by atoms with Crippen LogP contribution < -0.4 is 14.4 Å². The smallest absolute Gasteiger partial charge is 0.497 e. The van der Waals surface area contributed by atoms with Gasteiger partial charge in [0, 0.05) is 24.0 Å². The summed E-state index contributed by atoms with van der Waals surface area (Å²) in [5, 5.41) is 0. The molecule has 0 aromatic heterocycles. The van der Waals surface area contributed by atoms with Crippen LogP contribution in [0, 0.1) is 13.8 Å². The third-order valence-electron chi connectivity index (χ3n) is 8.62. The van der Waals surface area contributed by atoms with Gasteiger partial charge in [0.2, 0.25) is 0 Å². The van der Waals surface area contributed by atoms with Crippen LogP contribution in [0.5, 0.6) is 11.5 Å². The van der Waals surface area contributed by atoms with E-state index in [1.807, 2.05) is 42.5 Å². The minimum absolute atomic E-state index is 0.266. The molecule has 0 atom stereocenters.